The topological polar surface area (TPSA) is 9.23 Å². The molecule has 0 aromatic rings. The van der Waals surface area contributed by atoms with E-state index in [1.807, 2.05) is 0 Å². The fourth-order valence-electron chi connectivity index (χ4n) is 1.25. The van der Waals surface area contributed by atoms with Crippen LogP contribution >= 0.6 is 0 Å². The van der Waals surface area contributed by atoms with Crippen LogP contribution in [0.3, 0.4) is 0 Å². The van der Waals surface area contributed by atoms with Crippen molar-refractivity contribution in [1.29, 1.82) is 0 Å². The van der Waals surface area contributed by atoms with Gasteiger partial charge in [-0.15, -0.1) is 0 Å². The monoisotopic (exact) mass is 168 g/mol. The highest BCUT2D eigenvalue weighted by atomic mass is 19.4. The smallest absolute Gasteiger partial charge is 0.363 e. The number of halogens is 3. The van der Waals surface area contributed by atoms with Gasteiger partial charge in [0.2, 0.25) is 0 Å². The first-order chi connectivity index (χ1) is 4.85. The lowest BCUT2D eigenvalue weighted by atomic mass is 10.0. The predicted molar refractivity (Wildman–Crippen MR) is 34.2 cm³/mol. The zero-order valence-electron chi connectivity index (χ0n) is 6.53. The lowest BCUT2D eigenvalue weighted by molar-refractivity contribution is -0.262. The van der Waals surface area contributed by atoms with Gasteiger partial charge >= 0.3 is 6.18 Å². The maximum absolute atomic E-state index is 12.2. The standard InChI is InChI=1S/C7H11F3O/c1-5-3-4-6(2,11-5)7(8,9)10/h5H,3-4H2,1-2H3/t5-,6+/m0/s1. The van der Waals surface area contributed by atoms with Crippen LogP contribution in [-0.2, 0) is 4.74 Å². The average Bonchev–Trinajstić information content (AvgIpc) is 2.10. The first kappa shape index (κ1) is 8.84. The number of hydrogen-bond acceptors (Lipinski definition) is 1. The Kier molecular flexibility index (Phi) is 1.90. The average molecular weight is 168 g/mol. The third kappa shape index (κ3) is 1.50. The van der Waals surface area contributed by atoms with Gasteiger partial charge < -0.3 is 4.74 Å². The van der Waals surface area contributed by atoms with E-state index in [1.54, 1.807) is 6.92 Å². The molecule has 0 spiro atoms. The van der Waals surface area contributed by atoms with E-state index >= 15 is 0 Å². The molecule has 1 aliphatic rings. The molecule has 11 heavy (non-hydrogen) atoms. The maximum Gasteiger partial charge on any atom is 0.417 e. The van der Waals surface area contributed by atoms with Gasteiger partial charge in [0.1, 0.15) is 0 Å². The quantitative estimate of drug-likeness (QED) is 0.540. The molecule has 0 saturated carbocycles. The Balaban J connectivity index is 2.69. The van der Waals surface area contributed by atoms with Gasteiger partial charge in [-0.2, -0.15) is 13.2 Å². The van der Waals surface area contributed by atoms with E-state index in [-0.39, 0.29) is 12.5 Å². The molecular formula is C7H11F3O. The van der Waals surface area contributed by atoms with Gasteiger partial charge in [-0.1, -0.05) is 0 Å². The highest BCUT2D eigenvalue weighted by Crippen LogP contribution is 2.42. The van der Waals surface area contributed by atoms with Crippen molar-refractivity contribution in [2.45, 2.75) is 44.6 Å². The Morgan fingerprint density at radius 3 is 2.18 bits per heavy atom. The van der Waals surface area contributed by atoms with Gasteiger partial charge in [-0.25, -0.2) is 0 Å². The van der Waals surface area contributed by atoms with Crippen LogP contribution in [0.2, 0.25) is 0 Å². The highest BCUT2D eigenvalue weighted by molar-refractivity contribution is 4.89. The fourth-order valence-corrected chi connectivity index (χ4v) is 1.25. The number of alkyl halides is 3. The molecule has 0 amide bonds. The SMILES string of the molecule is C[C@H]1CC[C@](C)(C(F)(F)F)O1. The molecule has 1 saturated heterocycles. The molecule has 66 valence electrons. The summed E-state index contributed by atoms with van der Waals surface area (Å²) in [6.45, 7) is 2.77. The molecule has 1 rings (SSSR count). The number of hydrogen-bond donors (Lipinski definition) is 0. The summed E-state index contributed by atoms with van der Waals surface area (Å²) in [5, 5.41) is 0. The molecule has 1 aliphatic heterocycles. The van der Waals surface area contributed by atoms with Gasteiger partial charge in [0.25, 0.3) is 0 Å². The molecule has 0 aliphatic carbocycles. The molecule has 0 aromatic heterocycles. The largest absolute Gasteiger partial charge is 0.417 e. The van der Waals surface area contributed by atoms with Crippen LogP contribution in [0.1, 0.15) is 26.7 Å². The van der Waals surface area contributed by atoms with Gasteiger partial charge in [0.15, 0.2) is 5.60 Å². The summed E-state index contributed by atoms with van der Waals surface area (Å²) < 4.78 is 41.4. The summed E-state index contributed by atoms with van der Waals surface area (Å²) >= 11 is 0. The minimum Gasteiger partial charge on any atom is -0.363 e. The Bertz CT molecular complexity index is 154. The number of rotatable bonds is 0. The van der Waals surface area contributed by atoms with Crippen LogP contribution in [-0.4, -0.2) is 17.9 Å². The zero-order chi connectivity index (χ0) is 8.70. The third-order valence-electron chi connectivity index (χ3n) is 2.09. The molecule has 0 bridgehead atoms. The molecule has 0 aromatic carbocycles. The second-order valence-electron chi connectivity index (χ2n) is 3.20. The van der Waals surface area contributed by atoms with E-state index in [0.29, 0.717) is 6.42 Å². The van der Waals surface area contributed by atoms with Crippen molar-refractivity contribution < 1.29 is 17.9 Å². The Morgan fingerprint density at radius 1 is 1.45 bits per heavy atom. The van der Waals surface area contributed by atoms with E-state index in [9.17, 15) is 13.2 Å². The van der Waals surface area contributed by atoms with Crippen molar-refractivity contribution in [2.75, 3.05) is 0 Å². The van der Waals surface area contributed by atoms with Crippen molar-refractivity contribution in [3.8, 4) is 0 Å². The van der Waals surface area contributed by atoms with Crippen molar-refractivity contribution in [1.82, 2.24) is 0 Å². The highest BCUT2D eigenvalue weighted by Gasteiger charge is 2.55. The van der Waals surface area contributed by atoms with Crippen molar-refractivity contribution >= 4 is 0 Å². The minimum absolute atomic E-state index is 0.0810. The van der Waals surface area contributed by atoms with Crippen LogP contribution in [0.5, 0.6) is 0 Å². The second-order valence-corrected chi connectivity index (χ2v) is 3.20. The molecule has 1 fully saturated rings. The Hall–Kier alpha value is -0.250. The first-order valence-electron chi connectivity index (χ1n) is 3.60. The van der Waals surface area contributed by atoms with Crippen molar-refractivity contribution in [2.24, 2.45) is 0 Å². The second kappa shape index (κ2) is 2.37. The fraction of sp³-hybridized carbons (Fsp3) is 1.00. The molecule has 0 radical (unpaired) electrons. The summed E-state index contributed by atoms with van der Waals surface area (Å²) in [7, 11) is 0. The normalized spacial score (nSPS) is 39.5. The summed E-state index contributed by atoms with van der Waals surface area (Å²) in [4.78, 5) is 0. The lowest BCUT2D eigenvalue weighted by Gasteiger charge is -2.26. The summed E-state index contributed by atoms with van der Waals surface area (Å²) in [6, 6.07) is 0. The molecule has 1 heterocycles. The van der Waals surface area contributed by atoms with E-state index in [4.69, 9.17) is 4.74 Å². The van der Waals surface area contributed by atoms with Crippen LogP contribution in [0.15, 0.2) is 0 Å². The van der Waals surface area contributed by atoms with Crippen molar-refractivity contribution in [3.05, 3.63) is 0 Å². The van der Waals surface area contributed by atoms with E-state index in [0.717, 1.165) is 6.92 Å². The van der Waals surface area contributed by atoms with Gasteiger partial charge in [-0.05, 0) is 26.7 Å². The molecular weight excluding hydrogens is 157 g/mol. The van der Waals surface area contributed by atoms with Crippen molar-refractivity contribution in [3.63, 3.8) is 0 Å². The van der Waals surface area contributed by atoms with Gasteiger partial charge in [0, 0.05) is 0 Å². The molecule has 2 atom stereocenters. The molecule has 1 nitrogen and oxygen atoms in total. The minimum atomic E-state index is -4.22. The predicted octanol–water partition coefficient (Wildman–Crippen LogP) is 2.51. The zero-order valence-corrected chi connectivity index (χ0v) is 6.53. The van der Waals surface area contributed by atoms with E-state index in [1.165, 1.54) is 0 Å². The van der Waals surface area contributed by atoms with E-state index in [2.05, 4.69) is 0 Å². The Morgan fingerprint density at radius 2 is 2.00 bits per heavy atom. The summed E-state index contributed by atoms with van der Waals surface area (Å²) in [6.07, 6.45) is -3.91. The summed E-state index contributed by atoms with van der Waals surface area (Å²) in [5.74, 6) is 0. The van der Waals surface area contributed by atoms with E-state index < -0.39 is 11.8 Å². The van der Waals surface area contributed by atoms with Gasteiger partial charge in [-0.3, -0.25) is 0 Å². The maximum atomic E-state index is 12.2. The lowest BCUT2D eigenvalue weighted by Crippen LogP contribution is -2.41. The van der Waals surface area contributed by atoms with Crippen LogP contribution in [0.4, 0.5) is 13.2 Å². The molecule has 4 heteroatoms. The van der Waals surface area contributed by atoms with Gasteiger partial charge in [0.05, 0.1) is 6.10 Å². The van der Waals surface area contributed by atoms with Crippen LogP contribution in [0.25, 0.3) is 0 Å². The van der Waals surface area contributed by atoms with Crippen LogP contribution < -0.4 is 0 Å². The number of ether oxygens (including phenoxy) is 1. The Labute approximate surface area is 63.5 Å². The first-order valence-corrected chi connectivity index (χ1v) is 3.60. The third-order valence-corrected chi connectivity index (χ3v) is 2.09. The molecule has 0 N–H and O–H groups in total. The van der Waals surface area contributed by atoms with Crippen LogP contribution in [0, 0.1) is 0 Å². The summed E-state index contributed by atoms with van der Waals surface area (Å²) in [5.41, 5.74) is -1.90. The molecule has 0 unspecified atom stereocenters.